The lowest BCUT2D eigenvalue weighted by atomic mass is 10.1. The maximum Gasteiger partial charge on any atom is 0.310 e. The highest BCUT2D eigenvalue weighted by Gasteiger charge is 2.20. The maximum absolute atomic E-state index is 12.7. The summed E-state index contributed by atoms with van der Waals surface area (Å²) in [5.74, 6) is -0.0661. The number of nitrogens with zero attached hydrogens (tertiary/aromatic N) is 2. The van der Waals surface area contributed by atoms with Crippen molar-refractivity contribution in [2.45, 2.75) is 26.9 Å². The molecule has 0 aliphatic carbocycles. The van der Waals surface area contributed by atoms with Crippen LogP contribution in [0, 0.1) is 5.92 Å². The molecule has 0 radical (unpaired) electrons. The summed E-state index contributed by atoms with van der Waals surface area (Å²) < 4.78 is 10.5. The van der Waals surface area contributed by atoms with Crippen molar-refractivity contribution < 1.29 is 19.1 Å². The van der Waals surface area contributed by atoms with Gasteiger partial charge in [0.05, 0.1) is 19.1 Å². The van der Waals surface area contributed by atoms with Gasteiger partial charge in [-0.15, -0.1) is 0 Å². The standard InChI is InChI=1S/C21H32N2O4/c1-16(2)27-19-9-7-8-18(14-19)10-11-20(24)23(13-12-22(4)5)15-17(3)21(25)26-6/h7-11,14,16-17H,12-13,15H2,1-6H3/b11-10+. The van der Waals surface area contributed by atoms with Crippen LogP contribution in [0.4, 0.5) is 0 Å². The van der Waals surface area contributed by atoms with Crippen LogP contribution in [-0.4, -0.2) is 68.6 Å². The van der Waals surface area contributed by atoms with Crippen LogP contribution in [0.15, 0.2) is 30.3 Å². The fourth-order valence-electron chi connectivity index (χ4n) is 2.46. The number of hydrogen-bond donors (Lipinski definition) is 0. The fourth-order valence-corrected chi connectivity index (χ4v) is 2.46. The third kappa shape index (κ3) is 8.73. The molecule has 0 saturated heterocycles. The first kappa shape index (κ1) is 22.7. The van der Waals surface area contributed by atoms with E-state index in [0.717, 1.165) is 11.3 Å². The van der Waals surface area contributed by atoms with Gasteiger partial charge in [-0.2, -0.15) is 0 Å². The predicted octanol–water partition coefficient (Wildman–Crippen LogP) is 2.69. The second kappa shape index (κ2) is 11.4. The van der Waals surface area contributed by atoms with Gasteiger partial charge in [-0.1, -0.05) is 19.1 Å². The molecule has 27 heavy (non-hydrogen) atoms. The van der Waals surface area contributed by atoms with Crippen LogP contribution in [0.25, 0.3) is 6.08 Å². The number of rotatable bonds is 10. The van der Waals surface area contributed by atoms with Gasteiger partial charge >= 0.3 is 5.97 Å². The second-order valence-corrected chi connectivity index (χ2v) is 7.08. The molecule has 1 aromatic rings. The number of ether oxygens (including phenoxy) is 2. The molecule has 1 aromatic carbocycles. The molecule has 150 valence electrons. The van der Waals surface area contributed by atoms with Gasteiger partial charge in [0.15, 0.2) is 0 Å². The molecular formula is C21H32N2O4. The first-order chi connectivity index (χ1) is 12.7. The summed E-state index contributed by atoms with van der Waals surface area (Å²) in [7, 11) is 5.25. The van der Waals surface area contributed by atoms with Gasteiger partial charge in [0.25, 0.3) is 0 Å². The van der Waals surface area contributed by atoms with E-state index >= 15 is 0 Å². The summed E-state index contributed by atoms with van der Waals surface area (Å²) in [5, 5.41) is 0. The average molecular weight is 376 g/mol. The van der Waals surface area contributed by atoms with Gasteiger partial charge in [0, 0.05) is 25.7 Å². The van der Waals surface area contributed by atoms with E-state index < -0.39 is 0 Å². The lowest BCUT2D eigenvalue weighted by Crippen LogP contribution is -2.40. The molecule has 0 N–H and O–H groups in total. The molecule has 0 aliphatic rings. The number of esters is 1. The fraction of sp³-hybridized carbons (Fsp3) is 0.524. The zero-order valence-corrected chi connectivity index (χ0v) is 17.3. The van der Waals surface area contributed by atoms with Crippen molar-refractivity contribution >= 4 is 18.0 Å². The molecule has 0 aliphatic heterocycles. The normalized spacial score (nSPS) is 12.4. The minimum Gasteiger partial charge on any atom is -0.491 e. The van der Waals surface area contributed by atoms with Crippen LogP contribution in [0.5, 0.6) is 5.75 Å². The number of carbonyl (C=O) groups excluding carboxylic acids is 2. The highest BCUT2D eigenvalue weighted by molar-refractivity contribution is 5.92. The van der Waals surface area contributed by atoms with Gasteiger partial charge in [0.1, 0.15) is 5.75 Å². The van der Waals surface area contributed by atoms with Crippen LogP contribution in [0.1, 0.15) is 26.3 Å². The Balaban J connectivity index is 2.84. The second-order valence-electron chi connectivity index (χ2n) is 7.08. The van der Waals surface area contributed by atoms with Gasteiger partial charge in [-0.3, -0.25) is 9.59 Å². The number of carbonyl (C=O) groups is 2. The number of amides is 1. The number of benzene rings is 1. The van der Waals surface area contributed by atoms with Crippen LogP contribution in [0.3, 0.4) is 0 Å². The number of likely N-dealkylation sites (N-methyl/N-ethyl adjacent to an activating group) is 1. The van der Waals surface area contributed by atoms with E-state index in [2.05, 4.69) is 0 Å². The molecule has 1 unspecified atom stereocenters. The summed E-state index contributed by atoms with van der Waals surface area (Å²) in [6.07, 6.45) is 3.39. The predicted molar refractivity (Wildman–Crippen MR) is 108 cm³/mol. The highest BCUT2D eigenvalue weighted by atomic mass is 16.5. The Labute approximate surface area is 162 Å². The van der Waals surface area contributed by atoms with Gasteiger partial charge < -0.3 is 19.3 Å². The van der Waals surface area contributed by atoms with E-state index in [1.807, 2.05) is 57.1 Å². The number of hydrogen-bond acceptors (Lipinski definition) is 5. The maximum atomic E-state index is 12.7. The molecule has 0 spiro atoms. The molecule has 6 nitrogen and oxygen atoms in total. The topological polar surface area (TPSA) is 59.1 Å². The third-order valence-electron chi connectivity index (χ3n) is 3.87. The van der Waals surface area contributed by atoms with Crippen molar-refractivity contribution in [3.63, 3.8) is 0 Å². The van der Waals surface area contributed by atoms with E-state index in [4.69, 9.17) is 9.47 Å². The van der Waals surface area contributed by atoms with Crippen LogP contribution < -0.4 is 4.74 Å². The van der Waals surface area contributed by atoms with Crippen molar-refractivity contribution in [3.05, 3.63) is 35.9 Å². The minimum atomic E-state index is -0.378. The Kier molecular flexibility index (Phi) is 9.58. The molecule has 0 fully saturated rings. The van der Waals surface area contributed by atoms with Crippen LogP contribution in [0.2, 0.25) is 0 Å². The average Bonchev–Trinajstić information content (AvgIpc) is 2.61. The Bertz CT molecular complexity index is 641. The first-order valence-electron chi connectivity index (χ1n) is 9.19. The van der Waals surface area contributed by atoms with Gasteiger partial charge in [-0.05, 0) is 51.7 Å². The van der Waals surface area contributed by atoms with E-state index in [-0.39, 0.29) is 23.9 Å². The van der Waals surface area contributed by atoms with E-state index in [1.165, 1.54) is 13.2 Å². The molecule has 0 heterocycles. The van der Waals surface area contributed by atoms with Crippen molar-refractivity contribution in [1.82, 2.24) is 9.80 Å². The third-order valence-corrected chi connectivity index (χ3v) is 3.87. The van der Waals surface area contributed by atoms with Crippen LogP contribution in [-0.2, 0) is 14.3 Å². The van der Waals surface area contributed by atoms with Crippen molar-refractivity contribution in [2.24, 2.45) is 5.92 Å². The molecule has 1 rings (SSSR count). The van der Waals surface area contributed by atoms with Crippen LogP contribution >= 0.6 is 0 Å². The largest absolute Gasteiger partial charge is 0.491 e. The molecular weight excluding hydrogens is 344 g/mol. The van der Waals surface area contributed by atoms with E-state index in [0.29, 0.717) is 19.6 Å². The van der Waals surface area contributed by atoms with Gasteiger partial charge in [0.2, 0.25) is 5.91 Å². The smallest absolute Gasteiger partial charge is 0.310 e. The first-order valence-corrected chi connectivity index (χ1v) is 9.19. The Hall–Kier alpha value is -2.34. The summed E-state index contributed by atoms with van der Waals surface area (Å²) in [6, 6.07) is 7.59. The Morgan fingerprint density at radius 1 is 1.15 bits per heavy atom. The Morgan fingerprint density at radius 3 is 2.44 bits per heavy atom. The quantitative estimate of drug-likeness (QED) is 0.464. The minimum absolute atomic E-state index is 0.0900. The lowest BCUT2D eigenvalue weighted by molar-refractivity contribution is -0.146. The summed E-state index contributed by atoms with van der Waals surface area (Å²) in [5.41, 5.74) is 0.884. The van der Waals surface area contributed by atoms with E-state index in [1.54, 1.807) is 17.9 Å². The summed E-state index contributed by atoms with van der Waals surface area (Å²) >= 11 is 0. The van der Waals surface area contributed by atoms with Crippen molar-refractivity contribution in [2.75, 3.05) is 40.8 Å². The van der Waals surface area contributed by atoms with E-state index in [9.17, 15) is 9.59 Å². The lowest BCUT2D eigenvalue weighted by Gasteiger charge is -2.25. The summed E-state index contributed by atoms with van der Waals surface area (Å²) in [6.45, 7) is 7.27. The molecule has 0 saturated carbocycles. The summed E-state index contributed by atoms with van der Waals surface area (Å²) in [4.78, 5) is 28.1. The monoisotopic (exact) mass is 376 g/mol. The van der Waals surface area contributed by atoms with Crippen molar-refractivity contribution in [3.8, 4) is 5.75 Å². The molecule has 0 aromatic heterocycles. The zero-order valence-electron chi connectivity index (χ0n) is 17.3. The molecule has 6 heteroatoms. The molecule has 0 bridgehead atoms. The zero-order chi connectivity index (χ0) is 20.4. The molecule has 1 atom stereocenters. The number of methoxy groups -OCH3 is 1. The highest BCUT2D eigenvalue weighted by Crippen LogP contribution is 2.16. The van der Waals surface area contributed by atoms with Crippen molar-refractivity contribution in [1.29, 1.82) is 0 Å². The molecule has 1 amide bonds. The SMILES string of the molecule is COC(=O)C(C)CN(CCN(C)C)C(=O)/C=C/c1cccc(OC(C)C)c1. The Morgan fingerprint density at radius 2 is 1.85 bits per heavy atom. The van der Waals surface area contributed by atoms with Gasteiger partial charge in [-0.25, -0.2) is 0 Å².